The van der Waals surface area contributed by atoms with Crippen LogP contribution in [0, 0.1) is 0 Å². The van der Waals surface area contributed by atoms with Gasteiger partial charge in [-0.25, -0.2) is 4.79 Å². The van der Waals surface area contributed by atoms with E-state index in [-0.39, 0.29) is 5.92 Å². The Morgan fingerprint density at radius 1 is 1.10 bits per heavy atom. The SMILES string of the molecule is C=CNC(=O)OCC1c2ccccc2-c2ccccc21. The van der Waals surface area contributed by atoms with Crippen molar-refractivity contribution in [1.82, 2.24) is 5.32 Å². The lowest BCUT2D eigenvalue weighted by Gasteiger charge is -2.13. The topological polar surface area (TPSA) is 38.3 Å². The zero-order valence-electron chi connectivity index (χ0n) is 11.0. The van der Waals surface area contributed by atoms with Crippen molar-refractivity contribution >= 4 is 6.09 Å². The Morgan fingerprint density at radius 3 is 2.20 bits per heavy atom. The van der Waals surface area contributed by atoms with Gasteiger partial charge in [0.05, 0.1) is 0 Å². The Balaban J connectivity index is 1.91. The third-order valence-corrected chi connectivity index (χ3v) is 3.56. The summed E-state index contributed by atoms with van der Waals surface area (Å²) in [6.45, 7) is 3.77. The molecule has 0 unspecified atom stereocenters. The van der Waals surface area contributed by atoms with E-state index >= 15 is 0 Å². The lowest BCUT2D eigenvalue weighted by Crippen LogP contribution is -2.21. The summed E-state index contributed by atoms with van der Waals surface area (Å²) in [6, 6.07) is 16.5. The van der Waals surface area contributed by atoms with Crippen LogP contribution in [0.2, 0.25) is 0 Å². The van der Waals surface area contributed by atoms with Gasteiger partial charge in [-0.2, -0.15) is 0 Å². The molecule has 3 rings (SSSR count). The van der Waals surface area contributed by atoms with Crippen molar-refractivity contribution in [3.63, 3.8) is 0 Å². The molecule has 0 bridgehead atoms. The molecular weight excluding hydrogens is 250 g/mol. The van der Waals surface area contributed by atoms with Gasteiger partial charge in [0.2, 0.25) is 0 Å². The minimum absolute atomic E-state index is 0.0953. The average molecular weight is 265 g/mol. The van der Waals surface area contributed by atoms with Gasteiger partial charge in [0.15, 0.2) is 0 Å². The van der Waals surface area contributed by atoms with Gasteiger partial charge < -0.3 is 4.74 Å². The number of benzene rings is 2. The first-order valence-corrected chi connectivity index (χ1v) is 6.53. The van der Waals surface area contributed by atoms with Crippen molar-refractivity contribution in [2.45, 2.75) is 5.92 Å². The van der Waals surface area contributed by atoms with E-state index in [0.717, 1.165) is 0 Å². The Kier molecular flexibility index (Phi) is 3.25. The molecule has 3 nitrogen and oxygen atoms in total. The van der Waals surface area contributed by atoms with E-state index in [1.807, 2.05) is 24.3 Å². The van der Waals surface area contributed by atoms with Crippen LogP contribution in [-0.4, -0.2) is 12.7 Å². The van der Waals surface area contributed by atoms with E-state index in [1.54, 1.807) is 0 Å². The molecule has 0 aromatic heterocycles. The quantitative estimate of drug-likeness (QED) is 0.919. The van der Waals surface area contributed by atoms with Gasteiger partial charge in [-0.15, -0.1) is 0 Å². The molecule has 0 radical (unpaired) electrons. The molecule has 0 atom stereocenters. The van der Waals surface area contributed by atoms with Crippen LogP contribution in [0.4, 0.5) is 4.79 Å². The summed E-state index contributed by atoms with van der Waals surface area (Å²) in [6.07, 6.45) is 0.848. The molecule has 1 aliphatic carbocycles. The van der Waals surface area contributed by atoms with E-state index in [2.05, 4.69) is 36.2 Å². The average Bonchev–Trinajstić information content (AvgIpc) is 2.80. The zero-order chi connectivity index (χ0) is 13.9. The summed E-state index contributed by atoms with van der Waals surface area (Å²) in [5.41, 5.74) is 4.86. The maximum atomic E-state index is 11.4. The van der Waals surface area contributed by atoms with Crippen molar-refractivity contribution < 1.29 is 9.53 Å². The summed E-state index contributed by atoms with van der Waals surface area (Å²) >= 11 is 0. The van der Waals surface area contributed by atoms with Crippen molar-refractivity contribution in [2.24, 2.45) is 0 Å². The first-order chi connectivity index (χ1) is 9.81. The van der Waals surface area contributed by atoms with Crippen molar-refractivity contribution in [2.75, 3.05) is 6.61 Å². The fraction of sp³-hybridized carbons (Fsp3) is 0.118. The molecule has 0 saturated heterocycles. The summed E-state index contributed by atoms with van der Waals surface area (Å²) in [5.74, 6) is 0.0953. The first-order valence-electron chi connectivity index (χ1n) is 6.53. The number of carbonyl (C=O) groups excluding carboxylic acids is 1. The number of nitrogens with one attached hydrogen (secondary N) is 1. The van der Waals surface area contributed by atoms with Gasteiger partial charge in [0.1, 0.15) is 6.61 Å². The van der Waals surface area contributed by atoms with Crippen LogP contribution in [0.5, 0.6) is 0 Å². The lowest BCUT2D eigenvalue weighted by atomic mass is 9.98. The first kappa shape index (κ1) is 12.5. The number of ether oxygens (including phenoxy) is 1. The highest BCUT2D eigenvalue weighted by atomic mass is 16.5. The van der Waals surface area contributed by atoms with E-state index in [1.165, 1.54) is 28.5 Å². The van der Waals surface area contributed by atoms with E-state index in [4.69, 9.17) is 4.74 Å². The molecule has 2 aromatic rings. The van der Waals surface area contributed by atoms with Crippen LogP contribution < -0.4 is 5.32 Å². The number of alkyl carbamates (subject to hydrolysis) is 1. The van der Waals surface area contributed by atoms with Crippen molar-refractivity contribution in [3.05, 3.63) is 72.4 Å². The molecular formula is C17H15NO2. The second kappa shape index (κ2) is 5.21. The molecule has 0 saturated carbocycles. The normalized spacial score (nSPS) is 12.4. The van der Waals surface area contributed by atoms with Gasteiger partial charge in [0, 0.05) is 5.92 Å². The second-order valence-electron chi connectivity index (χ2n) is 4.67. The third kappa shape index (κ3) is 2.07. The Labute approximate surface area is 117 Å². The van der Waals surface area contributed by atoms with Crippen LogP contribution in [0.1, 0.15) is 17.0 Å². The number of fused-ring (bicyclic) bond motifs is 3. The van der Waals surface area contributed by atoms with Crippen LogP contribution >= 0.6 is 0 Å². The van der Waals surface area contributed by atoms with E-state index < -0.39 is 6.09 Å². The van der Waals surface area contributed by atoms with Gasteiger partial charge in [-0.3, -0.25) is 5.32 Å². The molecule has 2 aromatic carbocycles. The Hall–Kier alpha value is -2.55. The molecule has 0 aliphatic heterocycles. The Morgan fingerprint density at radius 2 is 1.65 bits per heavy atom. The number of hydrogen-bond donors (Lipinski definition) is 1. The molecule has 0 heterocycles. The van der Waals surface area contributed by atoms with Crippen molar-refractivity contribution in [3.8, 4) is 11.1 Å². The molecule has 1 aliphatic rings. The number of rotatable bonds is 3. The second-order valence-corrected chi connectivity index (χ2v) is 4.67. The minimum atomic E-state index is -0.470. The van der Waals surface area contributed by atoms with Gasteiger partial charge in [-0.05, 0) is 28.5 Å². The summed E-state index contributed by atoms with van der Waals surface area (Å²) < 4.78 is 5.26. The lowest BCUT2D eigenvalue weighted by molar-refractivity contribution is 0.147. The molecule has 0 fully saturated rings. The fourth-order valence-corrected chi connectivity index (χ4v) is 2.72. The molecule has 1 N–H and O–H groups in total. The van der Waals surface area contributed by atoms with Crippen LogP contribution in [0.3, 0.4) is 0 Å². The zero-order valence-corrected chi connectivity index (χ0v) is 11.0. The highest BCUT2D eigenvalue weighted by molar-refractivity contribution is 5.79. The van der Waals surface area contributed by atoms with Gasteiger partial charge in [0.25, 0.3) is 0 Å². The summed E-state index contributed by atoms with van der Waals surface area (Å²) in [4.78, 5) is 11.4. The summed E-state index contributed by atoms with van der Waals surface area (Å²) in [7, 11) is 0. The molecule has 3 heteroatoms. The molecule has 20 heavy (non-hydrogen) atoms. The minimum Gasteiger partial charge on any atom is -0.448 e. The maximum Gasteiger partial charge on any atom is 0.411 e. The highest BCUT2D eigenvalue weighted by Gasteiger charge is 2.28. The number of carbonyl (C=O) groups is 1. The molecule has 100 valence electrons. The fourth-order valence-electron chi connectivity index (χ4n) is 2.72. The molecule has 0 spiro atoms. The van der Waals surface area contributed by atoms with E-state index in [9.17, 15) is 4.79 Å². The Bertz CT molecular complexity index is 618. The number of hydrogen-bond acceptors (Lipinski definition) is 2. The van der Waals surface area contributed by atoms with Crippen LogP contribution in [0.25, 0.3) is 11.1 Å². The maximum absolute atomic E-state index is 11.4. The smallest absolute Gasteiger partial charge is 0.411 e. The van der Waals surface area contributed by atoms with Gasteiger partial charge in [-0.1, -0.05) is 55.1 Å². The predicted octanol–water partition coefficient (Wildman–Crippen LogP) is 3.67. The highest BCUT2D eigenvalue weighted by Crippen LogP contribution is 2.44. The van der Waals surface area contributed by atoms with Crippen LogP contribution in [0.15, 0.2) is 61.3 Å². The van der Waals surface area contributed by atoms with Gasteiger partial charge >= 0.3 is 6.09 Å². The van der Waals surface area contributed by atoms with Crippen molar-refractivity contribution in [1.29, 1.82) is 0 Å². The predicted molar refractivity (Wildman–Crippen MR) is 78.4 cm³/mol. The van der Waals surface area contributed by atoms with E-state index in [0.29, 0.717) is 6.61 Å². The largest absolute Gasteiger partial charge is 0.448 e. The number of amides is 1. The summed E-state index contributed by atoms with van der Waals surface area (Å²) in [5, 5.41) is 2.42. The standard InChI is InChI=1S/C17H15NO2/c1-2-18-17(19)20-11-16-14-9-5-3-7-12(14)13-8-4-6-10-15(13)16/h2-10,16H,1,11H2,(H,18,19). The third-order valence-electron chi connectivity index (χ3n) is 3.56. The van der Waals surface area contributed by atoms with Crippen LogP contribution in [-0.2, 0) is 4.74 Å². The molecule has 1 amide bonds. The monoisotopic (exact) mass is 265 g/mol.